The molecule has 2 unspecified atom stereocenters. The summed E-state index contributed by atoms with van der Waals surface area (Å²) in [5, 5.41) is 16.6. The van der Waals surface area contributed by atoms with E-state index in [1.165, 1.54) is 23.3 Å². The first-order valence-corrected chi connectivity index (χ1v) is 11.7. The number of nitrogens with one attached hydrogen (secondary N) is 2. The SMILES string of the molecule is COC(=O)Nc1nc2cc(C3(O)c4ccccc4C(=O)N3C(C)c3cc(Br)cs3)ccc2[nH]1. The summed E-state index contributed by atoms with van der Waals surface area (Å²) in [6.45, 7) is 1.90. The zero-order valence-electron chi connectivity index (χ0n) is 17.6. The summed E-state index contributed by atoms with van der Waals surface area (Å²) in [6, 6.07) is 13.9. The molecular weight excluding hydrogens is 508 g/mol. The van der Waals surface area contributed by atoms with Gasteiger partial charge in [0.25, 0.3) is 5.91 Å². The normalized spacial score (nSPS) is 18.4. The molecule has 1 aliphatic heterocycles. The second-order valence-electron chi connectivity index (χ2n) is 7.67. The fourth-order valence-corrected chi connectivity index (χ4v) is 5.73. The number of H-pyrrole nitrogens is 1. The fraction of sp³-hybridized carbons (Fsp3) is 0.174. The van der Waals surface area contributed by atoms with Crippen molar-refractivity contribution in [1.82, 2.24) is 14.9 Å². The number of benzene rings is 2. The van der Waals surface area contributed by atoms with Crippen molar-refractivity contribution in [3.63, 3.8) is 0 Å². The van der Waals surface area contributed by atoms with Crippen LogP contribution in [-0.2, 0) is 10.5 Å². The number of rotatable bonds is 4. The van der Waals surface area contributed by atoms with Gasteiger partial charge in [0.2, 0.25) is 5.95 Å². The Balaban J connectivity index is 1.64. The van der Waals surface area contributed by atoms with Gasteiger partial charge in [-0.25, -0.2) is 9.78 Å². The van der Waals surface area contributed by atoms with Crippen molar-refractivity contribution >= 4 is 56.2 Å². The summed E-state index contributed by atoms with van der Waals surface area (Å²) >= 11 is 4.98. The Morgan fingerprint density at radius 2 is 2.09 bits per heavy atom. The average molecular weight is 527 g/mol. The van der Waals surface area contributed by atoms with Gasteiger partial charge in [-0.15, -0.1) is 11.3 Å². The van der Waals surface area contributed by atoms with Crippen LogP contribution in [0.25, 0.3) is 11.0 Å². The predicted octanol–water partition coefficient (Wildman–Crippen LogP) is 4.98. The summed E-state index contributed by atoms with van der Waals surface area (Å²) < 4.78 is 5.53. The molecule has 0 aliphatic carbocycles. The Morgan fingerprint density at radius 3 is 2.82 bits per heavy atom. The lowest BCUT2D eigenvalue weighted by atomic mass is 9.93. The monoisotopic (exact) mass is 526 g/mol. The van der Waals surface area contributed by atoms with E-state index in [4.69, 9.17) is 0 Å². The molecule has 3 N–H and O–H groups in total. The van der Waals surface area contributed by atoms with Gasteiger partial charge in [-0.05, 0) is 47.1 Å². The molecule has 8 nitrogen and oxygen atoms in total. The number of imidazole rings is 1. The van der Waals surface area contributed by atoms with Crippen LogP contribution in [0.3, 0.4) is 0 Å². The number of aliphatic hydroxyl groups is 1. The van der Waals surface area contributed by atoms with Gasteiger partial charge in [0.05, 0.1) is 24.2 Å². The molecule has 10 heteroatoms. The van der Waals surface area contributed by atoms with E-state index in [9.17, 15) is 14.7 Å². The van der Waals surface area contributed by atoms with Crippen LogP contribution in [0.15, 0.2) is 58.4 Å². The van der Waals surface area contributed by atoms with Gasteiger partial charge in [-0.2, -0.15) is 0 Å². The third-order valence-corrected chi connectivity index (χ3v) is 7.64. The lowest BCUT2D eigenvalue weighted by Gasteiger charge is -2.38. The summed E-state index contributed by atoms with van der Waals surface area (Å²) in [7, 11) is 1.27. The maximum absolute atomic E-state index is 13.5. The molecule has 2 aromatic heterocycles. The van der Waals surface area contributed by atoms with Gasteiger partial charge < -0.3 is 14.8 Å². The van der Waals surface area contributed by atoms with E-state index < -0.39 is 17.9 Å². The third-order valence-electron chi connectivity index (χ3n) is 5.78. The van der Waals surface area contributed by atoms with E-state index in [0.717, 1.165) is 9.35 Å². The molecule has 0 spiro atoms. The number of anilines is 1. The summed E-state index contributed by atoms with van der Waals surface area (Å²) in [4.78, 5) is 34.9. The molecule has 0 radical (unpaired) electrons. The van der Waals surface area contributed by atoms with Crippen molar-refractivity contribution in [1.29, 1.82) is 0 Å². The average Bonchev–Trinajstić information content (AvgIpc) is 3.48. The van der Waals surface area contributed by atoms with Gasteiger partial charge in [0.15, 0.2) is 5.72 Å². The van der Waals surface area contributed by atoms with E-state index in [1.807, 2.05) is 18.4 Å². The first kappa shape index (κ1) is 21.6. The molecule has 0 fully saturated rings. The van der Waals surface area contributed by atoms with E-state index in [1.54, 1.807) is 42.5 Å². The van der Waals surface area contributed by atoms with Crippen LogP contribution in [-0.4, -0.2) is 39.1 Å². The highest BCUT2D eigenvalue weighted by Crippen LogP contribution is 2.47. The quantitative estimate of drug-likeness (QED) is 0.347. The molecule has 0 saturated carbocycles. The maximum atomic E-state index is 13.5. The Labute approximate surface area is 201 Å². The number of ether oxygens (including phenoxy) is 1. The van der Waals surface area contributed by atoms with Crippen molar-refractivity contribution in [2.45, 2.75) is 18.7 Å². The molecule has 0 saturated heterocycles. The maximum Gasteiger partial charge on any atom is 0.413 e. The Bertz CT molecular complexity index is 1400. The standard InChI is InChI=1S/C23H19BrN4O4S/c1-12(19-10-14(24)11-33-19)28-20(29)15-5-3-4-6-16(15)23(28,31)13-7-8-17-18(9-13)26-21(25-17)27-22(30)32-2/h3-12,31H,1-2H3,(H2,25,26,27,30). The van der Waals surface area contributed by atoms with Crippen LogP contribution in [0, 0.1) is 0 Å². The summed E-state index contributed by atoms with van der Waals surface area (Å²) in [5.41, 5.74) is 0.945. The molecule has 168 valence electrons. The molecule has 33 heavy (non-hydrogen) atoms. The number of aromatic nitrogens is 2. The Hall–Kier alpha value is -3.21. The Morgan fingerprint density at radius 1 is 1.30 bits per heavy atom. The molecule has 5 rings (SSSR count). The van der Waals surface area contributed by atoms with Crippen LogP contribution >= 0.6 is 27.3 Å². The van der Waals surface area contributed by atoms with E-state index in [-0.39, 0.29) is 11.9 Å². The molecule has 0 bridgehead atoms. The highest BCUT2D eigenvalue weighted by atomic mass is 79.9. The number of hydrogen-bond acceptors (Lipinski definition) is 6. The van der Waals surface area contributed by atoms with Gasteiger partial charge in [0, 0.05) is 31.4 Å². The Kier molecular flexibility index (Phi) is 5.23. The lowest BCUT2D eigenvalue weighted by Crippen LogP contribution is -2.45. The van der Waals surface area contributed by atoms with Gasteiger partial charge in [0.1, 0.15) is 0 Å². The number of fused-ring (bicyclic) bond motifs is 2. The second kappa shape index (κ2) is 7.98. The van der Waals surface area contributed by atoms with Crippen LogP contribution < -0.4 is 5.32 Å². The number of methoxy groups -OCH3 is 1. The highest BCUT2D eigenvalue weighted by molar-refractivity contribution is 9.10. The minimum atomic E-state index is -1.70. The van der Waals surface area contributed by atoms with Crippen LogP contribution in [0.1, 0.15) is 39.3 Å². The van der Waals surface area contributed by atoms with Gasteiger partial charge in [-0.1, -0.05) is 24.3 Å². The van der Waals surface area contributed by atoms with Crippen molar-refractivity contribution in [2.75, 3.05) is 12.4 Å². The van der Waals surface area contributed by atoms with Crippen molar-refractivity contribution in [3.8, 4) is 0 Å². The number of thiophene rings is 1. The minimum Gasteiger partial charge on any atom is -0.453 e. The first-order chi connectivity index (χ1) is 15.8. The van der Waals surface area contributed by atoms with Crippen molar-refractivity contribution < 1.29 is 19.4 Å². The van der Waals surface area contributed by atoms with Gasteiger partial charge >= 0.3 is 6.09 Å². The highest BCUT2D eigenvalue weighted by Gasteiger charge is 2.52. The number of hydrogen-bond donors (Lipinski definition) is 3. The van der Waals surface area contributed by atoms with Crippen LogP contribution in [0.2, 0.25) is 0 Å². The smallest absolute Gasteiger partial charge is 0.413 e. The number of amides is 2. The number of halogens is 1. The van der Waals surface area contributed by atoms with Crippen LogP contribution in [0.5, 0.6) is 0 Å². The summed E-state index contributed by atoms with van der Waals surface area (Å²) in [6.07, 6.45) is -0.648. The van der Waals surface area contributed by atoms with Crippen LogP contribution in [0.4, 0.5) is 10.7 Å². The molecule has 4 aromatic rings. The number of carbonyl (C=O) groups excluding carboxylic acids is 2. The molecule has 2 aromatic carbocycles. The number of aromatic amines is 1. The fourth-order valence-electron chi connectivity index (χ4n) is 4.23. The minimum absolute atomic E-state index is 0.220. The molecule has 3 heterocycles. The molecule has 2 atom stereocenters. The van der Waals surface area contributed by atoms with Crippen molar-refractivity contribution in [3.05, 3.63) is 80.0 Å². The molecule has 1 aliphatic rings. The zero-order valence-corrected chi connectivity index (χ0v) is 20.0. The van der Waals surface area contributed by atoms with Crippen molar-refractivity contribution in [2.24, 2.45) is 0 Å². The number of nitrogens with zero attached hydrogens (tertiary/aromatic N) is 2. The second-order valence-corrected chi connectivity index (χ2v) is 9.53. The number of carbonyl (C=O) groups is 2. The van der Waals surface area contributed by atoms with E-state index in [0.29, 0.717) is 27.7 Å². The molecular formula is C23H19BrN4O4S. The predicted molar refractivity (Wildman–Crippen MR) is 128 cm³/mol. The zero-order chi connectivity index (χ0) is 23.3. The molecule has 2 amide bonds. The van der Waals surface area contributed by atoms with E-state index in [2.05, 4.69) is 36.0 Å². The topological polar surface area (TPSA) is 108 Å². The lowest BCUT2D eigenvalue weighted by molar-refractivity contribution is -0.0670. The first-order valence-electron chi connectivity index (χ1n) is 10.1. The van der Waals surface area contributed by atoms with E-state index >= 15 is 0 Å². The summed E-state index contributed by atoms with van der Waals surface area (Å²) in [5.74, 6) is -0.0298. The third kappa shape index (κ3) is 3.41. The van der Waals surface area contributed by atoms with Gasteiger partial charge in [-0.3, -0.25) is 15.0 Å². The largest absolute Gasteiger partial charge is 0.453 e.